The van der Waals surface area contributed by atoms with Crippen LogP contribution in [0.4, 0.5) is 0 Å². The average molecular weight is 677 g/mol. The molecule has 0 amide bonds. The number of hydrogen-bond acceptors (Lipinski definition) is 0. The van der Waals surface area contributed by atoms with E-state index in [9.17, 15) is 0 Å². The Morgan fingerprint density at radius 3 is 2.12 bits per heavy atom. The number of halogens is 2. The van der Waals surface area contributed by atoms with Crippen LogP contribution in [0.25, 0.3) is 33.0 Å². The summed E-state index contributed by atoms with van der Waals surface area (Å²) in [5, 5.41) is 4.27. The van der Waals surface area contributed by atoms with Crippen molar-refractivity contribution in [1.82, 2.24) is 0 Å². The van der Waals surface area contributed by atoms with Crippen LogP contribution in [0.2, 0.25) is 32.7 Å². The van der Waals surface area contributed by atoms with Gasteiger partial charge in [0.15, 0.2) is 0 Å². The van der Waals surface area contributed by atoms with Crippen LogP contribution in [-0.4, -0.2) is 17.6 Å². The predicted molar refractivity (Wildman–Crippen MR) is 180 cm³/mol. The fourth-order valence-corrected chi connectivity index (χ4v) is 6.07. The molecule has 1 aliphatic rings. The standard InChI is InChI=1S/C20H23Si.C13H9.C2H6Si.2ClH.Zr/c1-5-15-13-17-7-6-8-19(20(17)14-15)16-9-11-18(12-10-16)21(2,3)4;1-3-7-12-10(5-1)9-11-6-2-4-8-13(11)12;1-3-2;;;/h6-14H,5H2,1-4H3;1-5,7-8H,9H2;1-2H3;2*1H;/q2*-1;;;;+4/p-2. The zero-order chi connectivity index (χ0) is 29.1. The number of hydrogen-bond donors (Lipinski definition) is 0. The normalized spacial score (nSPS) is 11.0. The van der Waals surface area contributed by atoms with Gasteiger partial charge >= 0.3 is 37.9 Å². The van der Waals surface area contributed by atoms with Crippen LogP contribution in [0.3, 0.4) is 0 Å². The molecule has 2 radical (unpaired) electrons. The summed E-state index contributed by atoms with van der Waals surface area (Å²) in [6, 6.07) is 38.6. The molecule has 0 saturated carbocycles. The minimum absolute atomic E-state index is 0.826. The SMILES string of the molecule is CCc1cc2c(-c3ccc([Si](C)(C)C)cc3)cccc2[cH-]1.C[Si]C.[Cl][Zr+2][Cl].[c-]1cccc2c1Cc1ccccc1-2. The van der Waals surface area contributed by atoms with Crippen LogP contribution < -0.4 is 5.19 Å². The summed E-state index contributed by atoms with van der Waals surface area (Å²) in [5.74, 6) is 0. The van der Waals surface area contributed by atoms with Crippen molar-refractivity contribution in [2.75, 3.05) is 0 Å². The summed E-state index contributed by atoms with van der Waals surface area (Å²) in [6.45, 7) is 13.7. The Labute approximate surface area is 264 Å². The second kappa shape index (κ2) is 16.1. The van der Waals surface area contributed by atoms with E-state index in [1.807, 2.05) is 6.07 Å². The second-order valence-electron chi connectivity index (χ2n) is 10.8. The second-order valence-corrected chi connectivity index (χ2v) is 20.6. The zero-order valence-electron chi connectivity index (χ0n) is 24.4. The summed E-state index contributed by atoms with van der Waals surface area (Å²) < 4.78 is 0. The quantitative estimate of drug-likeness (QED) is 0.129. The molecule has 0 bridgehead atoms. The molecule has 1 aliphatic carbocycles. The van der Waals surface area contributed by atoms with E-state index in [4.69, 9.17) is 17.0 Å². The minimum atomic E-state index is -1.21. The van der Waals surface area contributed by atoms with E-state index in [0.717, 1.165) is 22.4 Å². The van der Waals surface area contributed by atoms with Gasteiger partial charge in [0, 0.05) is 9.52 Å². The Balaban J connectivity index is 0.000000197. The van der Waals surface area contributed by atoms with Gasteiger partial charge in [0.2, 0.25) is 0 Å². The van der Waals surface area contributed by atoms with Crippen LogP contribution in [0.15, 0.2) is 97.1 Å². The molecule has 204 valence electrons. The molecule has 0 nitrogen and oxygen atoms in total. The maximum Gasteiger partial charge on any atom is -0.0253 e. The summed E-state index contributed by atoms with van der Waals surface area (Å²) in [6.07, 6.45) is 2.15. The summed E-state index contributed by atoms with van der Waals surface area (Å²) in [5.41, 5.74) is 9.62. The zero-order valence-corrected chi connectivity index (χ0v) is 30.4. The molecule has 6 rings (SSSR count). The largest absolute Gasteiger partial charge is 0.179 e. The first-order valence-electron chi connectivity index (χ1n) is 13.7. The molecule has 0 saturated heterocycles. The molecular formula is C35H38Cl2Si2Zr. The van der Waals surface area contributed by atoms with E-state index in [1.165, 1.54) is 54.9 Å². The van der Waals surface area contributed by atoms with Gasteiger partial charge < -0.3 is 0 Å². The molecule has 5 heteroatoms. The van der Waals surface area contributed by atoms with Crippen LogP contribution in [0, 0.1) is 6.07 Å². The number of rotatable bonds is 3. The summed E-state index contributed by atoms with van der Waals surface area (Å²) in [7, 11) is 9.74. The van der Waals surface area contributed by atoms with Crippen molar-refractivity contribution in [3.63, 3.8) is 0 Å². The van der Waals surface area contributed by atoms with Crippen molar-refractivity contribution < 1.29 is 20.8 Å². The molecule has 0 spiro atoms. The number of aryl methyl sites for hydroxylation is 1. The van der Waals surface area contributed by atoms with Gasteiger partial charge in [-0.2, -0.15) is 35.9 Å². The molecule has 0 aromatic heterocycles. The molecule has 0 fully saturated rings. The molecule has 0 heterocycles. The van der Waals surface area contributed by atoms with Crippen molar-refractivity contribution >= 4 is 50.6 Å². The van der Waals surface area contributed by atoms with Crippen molar-refractivity contribution in [1.29, 1.82) is 0 Å². The molecule has 0 unspecified atom stereocenters. The average Bonchev–Trinajstić information content (AvgIpc) is 3.55. The van der Waals surface area contributed by atoms with E-state index in [1.54, 1.807) is 0 Å². The molecule has 0 aliphatic heterocycles. The van der Waals surface area contributed by atoms with Gasteiger partial charge in [-0.3, -0.25) is 0 Å². The molecule has 5 aromatic rings. The third kappa shape index (κ3) is 8.70. The van der Waals surface area contributed by atoms with Crippen LogP contribution in [0.5, 0.6) is 0 Å². The van der Waals surface area contributed by atoms with Crippen molar-refractivity contribution in [2.45, 2.75) is 52.5 Å². The van der Waals surface area contributed by atoms with Crippen LogP contribution in [0.1, 0.15) is 23.6 Å². The summed E-state index contributed by atoms with van der Waals surface area (Å²) >= 11 is -0.826. The predicted octanol–water partition coefficient (Wildman–Crippen LogP) is 10.6. The Kier molecular flexibility index (Phi) is 13.3. The fraction of sp³-hybridized carbons (Fsp3) is 0.229. The van der Waals surface area contributed by atoms with Gasteiger partial charge in [0.05, 0.1) is 8.07 Å². The van der Waals surface area contributed by atoms with Crippen LogP contribution >= 0.6 is 17.0 Å². The maximum atomic E-state index is 4.93. The topological polar surface area (TPSA) is 0 Å². The van der Waals surface area contributed by atoms with Crippen molar-refractivity contribution in [2.24, 2.45) is 0 Å². The Hall–Kier alpha value is -1.61. The smallest absolute Gasteiger partial charge is 0.0253 e. The molecule has 5 aromatic carbocycles. The molecule has 0 atom stereocenters. The van der Waals surface area contributed by atoms with Gasteiger partial charge in [-0.15, -0.1) is 40.1 Å². The van der Waals surface area contributed by atoms with Gasteiger partial charge in [0.1, 0.15) is 0 Å². The van der Waals surface area contributed by atoms with Gasteiger partial charge in [-0.1, -0.05) is 116 Å². The van der Waals surface area contributed by atoms with E-state index in [2.05, 4.69) is 137 Å². The van der Waals surface area contributed by atoms with Crippen LogP contribution in [-0.2, 0) is 33.7 Å². The van der Waals surface area contributed by atoms with Gasteiger partial charge in [0.25, 0.3) is 0 Å². The van der Waals surface area contributed by atoms with E-state index >= 15 is 0 Å². The van der Waals surface area contributed by atoms with Crippen molar-refractivity contribution in [3.05, 3.63) is 120 Å². The first kappa shape index (κ1) is 32.9. The third-order valence-corrected chi connectivity index (χ3v) is 8.96. The number of benzene rings is 4. The molecular weight excluding hydrogens is 639 g/mol. The fourth-order valence-electron chi connectivity index (χ4n) is 4.90. The van der Waals surface area contributed by atoms with E-state index < -0.39 is 28.9 Å². The first-order chi connectivity index (χ1) is 19.3. The van der Waals surface area contributed by atoms with Crippen molar-refractivity contribution in [3.8, 4) is 22.3 Å². The molecule has 40 heavy (non-hydrogen) atoms. The Bertz CT molecular complexity index is 1440. The first-order valence-corrected chi connectivity index (χ1v) is 25.5. The maximum absolute atomic E-state index is 4.93. The third-order valence-electron chi connectivity index (χ3n) is 6.90. The van der Waals surface area contributed by atoms with E-state index in [-0.39, 0.29) is 0 Å². The minimum Gasteiger partial charge on any atom is -0.179 e. The Morgan fingerprint density at radius 1 is 0.850 bits per heavy atom. The number of fused-ring (bicyclic) bond motifs is 4. The van der Waals surface area contributed by atoms with Gasteiger partial charge in [-0.05, 0) is 18.4 Å². The molecule has 0 N–H and O–H groups in total. The van der Waals surface area contributed by atoms with E-state index in [0.29, 0.717) is 0 Å². The Morgan fingerprint density at radius 2 is 1.48 bits per heavy atom. The van der Waals surface area contributed by atoms with Gasteiger partial charge in [-0.25, -0.2) is 0 Å². The monoisotopic (exact) mass is 674 g/mol. The summed E-state index contributed by atoms with van der Waals surface area (Å²) in [4.78, 5) is 0.